The molecular formula is C31H37N3O7. The zero-order valence-corrected chi connectivity index (χ0v) is 24.2. The fourth-order valence-corrected chi connectivity index (χ4v) is 7.20. The number of aryl methyl sites for hydroxylation is 1. The molecule has 6 unspecified atom stereocenters. The third-order valence-electron chi connectivity index (χ3n) is 9.19. The molecule has 6 atom stereocenters. The molecule has 218 valence electrons. The van der Waals surface area contributed by atoms with Crippen LogP contribution in [0.2, 0.25) is 0 Å². The van der Waals surface area contributed by atoms with Gasteiger partial charge in [-0.15, -0.1) is 0 Å². The van der Waals surface area contributed by atoms with E-state index in [1.54, 1.807) is 20.2 Å². The summed E-state index contributed by atoms with van der Waals surface area (Å²) in [6, 6.07) is 4.37. The Morgan fingerprint density at radius 1 is 1.12 bits per heavy atom. The van der Waals surface area contributed by atoms with Gasteiger partial charge >= 0.3 is 0 Å². The van der Waals surface area contributed by atoms with Crippen molar-refractivity contribution in [1.82, 2.24) is 10.2 Å². The number of ketones is 4. The van der Waals surface area contributed by atoms with E-state index in [4.69, 9.17) is 5.73 Å². The highest BCUT2D eigenvalue weighted by atomic mass is 16.3. The second-order valence-corrected chi connectivity index (χ2v) is 13.1. The lowest BCUT2D eigenvalue weighted by atomic mass is 9.52. The van der Waals surface area contributed by atoms with E-state index in [1.807, 2.05) is 19.1 Å². The molecule has 5 N–H and O–H groups in total. The Hall–Kier alpha value is -3.47. The van der Waals surface area contributed by atoms with Crippen molar-refractivity contribution in [2.24, 2.45) is 29.4 Å². The maximum absolute atomic E-state index is 14.0. The van der Waals surface area contributed by atoms with Gasteiger partial charge in [0.2, 0.25) is 5.91 Å². The predicted octanol–water partition coefficient (Wildman–Crippen LogP) is 1.22. The Balaban J connectivity index is 1.64. The lowest BCUT2D eigenvalue weighted by molar-refractivity contribution is -0.181. The number of hydrogen-bond donors (Lipinski definition) is 4. The molecule has 2 aromatic rings. The number of rotatable bonds is 4. The fraction of sp³-hybridized carbons (Fsp3) is 0.516. The summed E-state index contributed by atoms with van der Waals surface area (Å²) in [5.41, 5.74) is 5.06. The van der Waals surface area contributed by atoms with Gasteiger partial charge in [0.05, 0.1) is 17.5 Å². The van der Waals surface area contributed by atoms with Gasteiger partial charge in [-0.2, -0.15) is 0 Å². The number of carbonyl (C=O) groups is 5. The lowest BCUT2D eigenvalue weighted by Crippen LogP contribution is -2.74. The molecule has 0 heterocycles. The van der Waals surface area contributed by atoms with Gasteiger partial charge in [0.15, 0.2) is 34.7 Å². The molecule has 2 aromatic carbocycles. The molecule has 10 heteroatoms. The van der Waals surface area contributed by atoms with Crippen molar-refractivity contribution in [3.63, 3.8) is 0 Å². The Bertz CT molecular complexity index is 1540. The third kappa shape index (κ3) is 4.23. The van der Waals surface area contributed by atoms with E-state index >= 15 is 0 Å². The minimum absolute atomic E-state index is 0.00248. The first kappa shape index (κ1) is 29.0. The second kappa shape index (κ2) is 9.54. The summed E-state index contributed by atoms with van der Waals surface area (Å²) in [5.74, 6) is -10.4. The number of likely N-dealkylation sites (N-methyl/N-ethyl adjacent to an activating group) is 1. The van der Waals surface area contributed by atoms with E-state index in [0.29, 0.717) is 17.5 Å². The molecule has 0 bridgehead atoms. The van der Waals surface area contributed by atoms with E-state index in [-0.39, 0.29) is 29.7 Å². The second-order valence-electron chi connectivity index (χ2n) is 13.1. The zero-order chi connectivity index (χ0) is 30.3. The number of nitrogens with two attached hydrogens (primary N) is 1. The first-order valence-electron chi connectivity index (χ1n) is 13.9. The van der Waals surface area contributed by atoms with E-state index in [1.165, 1.54) is 4.90 Å². The molecule has 0 aromatic heterocycles. The number of aromatic hydroxyl groups is 1. The molecule has 1 amide bonds. The number of phenolic OH excluding ortho intramolecular Hbond substituents is 1. The van der Waals surface area contributed by atoms with Crippen LogP contribution < -0.4 is 11.1 Å². The van der Waals surface area contributed by atoms with Crippen LogP contribution in [0.4, 0.5) is 0 Å². The maximum Gasteiger partial charge on any atom is 0.235 e. The van der Waals surface area contributed by atoms with Gasteiger partial charge in [0.25, 0.3) is 0 Å². The normalized spacial score (nSPS) is 29.9. The Morgan fingerprint density at radius 3 is 2.37 bits per heavy atom. The molecule has 2 fully saturated rings. The quantitative estimate of drug-likeness (QED) is 0.400. The third-order valence-corrected chi connectivity index (χ3v) is 9.19. The number of benzene rings is 2. The standard InChI is InChI=1S/C31H37N3O7/c1-13-7-8-16-17(18(13)12-33-30(2,3)4)10-14-9-15-11-19-23(34(5)6)26(37)22(29(32)40)28(39)31(19,41)27(38)21(15)25(36)20(14)24(16)35/h7-8,10,15,19,21-23,33,35,41H,9,11-12H2,1-6H3,(H2,32,40). The van der Waals surface area contributed by atoms with Gasteiger partial charge in [-0.3, -0.25) is 28.9 Å². The number of phenols is 1. The minimum Gasteiger partial charge on any atom is -0.507 e. The summed E-state index contributed by atoms with van der Waals surface area (Å²) in [5, 5.41) is 27.9. The van der Waals surface area contributed by atoms with Crippen LogP contribution in [0, 0.1) is 30.6 Å². The monoisotopic (exact) mass is 563 g/mol. The molecule has 10 nitrogen and oxygen atoms in total. The molecule has 3 aliphatic carbocycles. The molecule has 2 saturated carbocycles. The van der Waals surface area contributed by atoms with Crippen molar-refractivity contribution >= 4 is 39.8 Å². The highest BCUT2D eigenvalue weighted by Crippen LogP contribution is 2.51. The van der Waals surface area contributed by atoms with Gasteiger partial charge in [0, 0.05) is 23.4 Å². The van der Waals surface area contributed by atoms with Crippen molar-refractivity contribution in [1.29, 1.82) is 0 Å². The van der Waals surface area contributed by atoms with Crippen LogP contribution in [-0.4, -0.2) is 75.4 Å². The summed E-state index contributed by atoms with van der Waals surface area (Å²) < 4.78 is 0. The Labute approximate surface area is 238 Å². The van der Waals surface area contributed by atoms with Gasteiger partial charge in [-0.25, -0.2) is 0 Å². The SMILES string of the molecule is Cc1ccc2c(O)c3c(cc2c1CNC(C)(C)C)CC1CC2C(N(C)C)C(=O)C(C(N)=O)C(=O)C2(O)C(=O)C1C3=O. The maximum atomic E-state index is 14.0. The molecule has 41 heavy (non-hydrogen) atoms. The van der Waals surface area contributed by atoms with Crippen LogP contribution >= 0.6 is 0 Å². The van der Waals surface area contributed by atoms with Crippen molar-refractivity contribution < 1.29 is 34.2 Å². The summed E-state index contributed by atoms with van der Waals surface area (Å²) in [7, 11) is 3.13. The van der Waals surface area contributed by atoms with E-state index in [9.17, 15) is 34.2 Å². The van der Waals surface area contributed by atoms with E-state index in [2.05, 4.69) is 26.1 Å². The van der Waals surface area contributed by atoms with E-state index < -0.39 is 64.4 Å². The van der Waals surface area contributed by atoms with Crippen LogP contribution in [0.3, 0.4) is 0 Å². The zero-order valence-electron chi connectivity index (χ0n) is 24.2. The van der Waals surface area contributed by atoms with Gasteiger partial charge in [0.1, 0.15) is 5.75 Å². The van der Waals surface area contributed by atoms with Gasteiger partial charge < -0.3 is 21.3 Å². The number of nitrogens with one attached hydrogen (secondary N) is 1. The predicted molar refractivity (Wildman–Crippen MR) is 150 cm³/mol. The Morgan fingerprint density at radius 2 is 1.78 bits per heavy atom. The minimum atomic E-state index is -2.73. The Kier molecular flexibility index (Phi) is 6.76. The number of hydrogen-bond acceptors (Lipinski definition) is 9. The molecule has 5 rings (SSSR count). The number of fused-ring (bicyclic) bond motifs is 4. The number of amides is 1. The lowest BCUT2D eigenvalue weighted by Gasteiger charge is -2.52. The number of carbonyl (C=O) groups excluding carboxylic acids is 5. The highest BCUT2D eigenvalue weighted by molar-refractivity contribution is 6.32. The van der Waals surface area contributed by atoms with Crippen LogP contribution in [0.1, 0.15) is 54.2 Å². The molecule has 0 saturated heterocycles. The summed E-state index contributed by atoms with van der Waals surface area (Å²) in [6.07, 6.45) is 0.254. The molecule has 0 radical (unpaired) electrons. The molecular weight excluding hydrogens is 526 g/mol. The number of primary amides is 1. The van der Waals surface area contributed by atoms with Crippen LogP contribution in [0.15, 0.2) is 18.2 Å². The number of aliphatic hydroxyl groups is 1. The highest BCUT2D eigenvalue weighted by Gasteiger charge is 2.69. The number of nitrogens with zero attached hydrogens (tertiary/aromatic N) is 1. The average Bonchev–Trinajstić information content (AvgIpc) is 2.84. The van der Waals surface area contributed by atoms with E-state index in [0.717, 1.165) is 16.5 Å². The molecule has 3 aliphatic rings. The van der Waals surface area contributed by atoms with Crippen molar-refractivity contribution in [3.8, 4) is 5.75 Å². The number of Topliss-reactive ketones (excluding diaryl/α,β-unsaturated/α-hetero) is 4. The van der Waals surface area contributed by atoms with Crippen LogP contribution in [-0.2, 0) is 32.1 Å². The summed E-state index contributed by atoms with van der Waals surface area (Å²) >= 11 is 0. The van der Waals surface area contributed by atoms with Gasteiger partial charge in [-0.05, 0) is 88.7 Å². The first-order chi connectivity index (χ1) is 19.0. The smallest absolute Gasteiger partial charge is 0.235 e. The summed E-state index contributed by atoms with van der Waals surface area (Å²) in [6.45, 7) is 8.68. The average molecular weight is 564 g/mol. The van der Waals surface area contributed by atoms with Crippen LogP contribution in [0.25, 0.3) is 10.8 Å². The molecule has 0 aliphatic heterocycles. The fourth-order valence-electron chi connectivity index (χ4n) is 7.20. The van der Waals surface area contributed by atoms with Crippen LogP contribution in [0.5, 0.6) is 5.75 Å². The van der Waals surface area contributed by atoms with Crippen molar-refractivity contribution in [3.05, 3.63) is 40.5 Å². The molecule has 0 spiro atoms. The van der Waals surface area contributed by atoms with Crippen molar-refractivity contribution in [2.45, 2.75) is 64.3 Å². The largest absolute Gasteiger partial charge is 0.507 e. The topological polar surface area (TPSA) is 167 Å². The van der Waals surface area contributed by atoms with Gasteiger partial charge in [-0.1, -0.05) is 12.1 Å². The first-order valence-corrected chi connectivity index (χ1v) is 13.9. The van der Waals surface area contributed by atoms with Crippen molar-refractivity contribution in [2.75, 3.05) is 14.1 Å². The summed E-state index contributed by atoms with van der Waals surface area (Å²) in [4.78, 5) is 68.2.